The molecular formula is C28H30Cl2N4O4. The van der Waals surface area contributed by atoms with Crippen LogP contribution in [0, 0.1) is 5.41 Å². The van der Waals surface area contributed by atoms with Gasteiger partial charge in [-0.25, -0.2) is 0 Å². The van der Waals surface area contributed by atoms with E-state index in [4.69, 9.17) is 27.7 Å². The first-order valence-electron chi connectivity index (χ1n) is 12.6. The third-order valence-corrected chi connectivity index (χ3v) is 7.54. The number of benzene rings is 2. The van der Waals surface area contributed by atoms with E-state index in [-0.39, 0.29) is 45.1 Å². The standard InChI is InChI=1S/C28H30Cl2N4O4/c1-18(17-19-7-9-20(10-8-19)34-26(36)24-21(29)5-4-6-22(24)30)33-27(37)28(12-2-3-13-28)14-16-31-25(35)23-11-15-32-38-23/h4-11,15,18H,2-3,12-14,16-17H2,1H3,(H,31,35)(H,33,37)(H,34,36). The summed E-state index contributed by atoms with van der Waals surface area (Å²) in [4.78, 5) is 38.1. The summed E-state index contributed by atoms with van der Waals surface area (Å²) in [6, 6.07) is 13.8. The number of halogens is 2. The van der Waals surface area contributed by atoms with Crippen LogP contribution in [0.25, 0.3) is 0 Å². The van der Waals surface area contributed by atoms with Gasteiger partial charge in [-0.05, 0) is 62.4 Å². The van der Waals surface area contributed by atoms with Crippen LogP contribution < -0.4 is 16.0 Å². The molecule has 4 rings (SSSR count). The quantitative estimate of drug-likeness (QED) is 0.298. The minimum absolute atomic E-state index is 0.0249. The second-order valence-corrected chi connectivity index (χ2v) is 10.5. The third-order valence-electron chi connectivity index (χ3n) is 6.91. The fourth-order valence-electron chi connectivity index (χ4n) is 4.89. The molecular weight excluding hydrogens is 527 g/mol. The fraction of sp³-hybridized carbons (Fsp3) is 0.357. The van der Waals surface area contributed by atoms with E-state index in [2.05, 4.69) is 21.1 Å². The Kier molecular flexibility index (Phi) is 9.07. The minimum Gasteiger partial charge on any atom is -0.353 e. The Morgan fingerprint density at radius 3 is 2.32 bits per heavy atom. The second-order valence-electron chi connectivity index (χ2n) is 9.70. The van der Waals surface area contributed by atoms with E-state index < -0.39 is 5.41 Å². The summed E-state index contributed by atoms with van der Waals surface area (Å²) in [5.74, 6) is -0.536. The van der Waals surface area contributed by atoms with Crippen molar-refractivity contribution in [2.75, 3.05) is 11.9 Å². The molecule has 3 amide bonds. The van der Waals surface area contributed by atoms with Crippen molar-refractivity contribution >= 4 is 46.6 Å². The summed E-state index contributed by atoms with van der Waals surface area (Å²) >= 11 is 12.3. The van der Waals surface area contributed by atoms with Gasteiger partial charge in [0.15, 0.2) is 0 Å². The predicted molar refractivity (Wildman–Crippen MR) is 147 cm³/mol. The van der Waals surface area contributed by atoms with Crippen molar-refractivity contribution in [3.8, 4) is 0 Å². The van der Waals surface area contributed by atoms with Crippen LogP contribution in [0.3, 0.4) is 0 Å². The molecule has 2 aromatic carbocycles. The fourth-order valence-corrected chi connectivity index (χ4v) is 5.46. The molecule has 3 aromatic rings. The first-order chi connectivity index (χ1) is 18.3. The van der Waals surface area contributed by atoms with Crippen molar-refractivity contribution in [3.63, 3.8) is 0 Å². The van der Waals surface area contributed by atoms with E-state index in [1.807, 2.05) is 31.2 Å². The molecule has 10 heteroatoms. The maximum absolute atomic E-state index is 13.3. The predicted octanol–water partition coefficient (Wildman–Crippen LogP) is 5.66. The smallest absolute Gasteiger partial charge is 0.289 e. The van der Waals surface area contributed by atoms with Crippen LogP contribution in [0.2, 0.25) is 10.0 Å². The highest BCUT2D eigenvalue weighted by atomic mass is 35.5. The van der Waals surface area contributed by atoms with E-state index in [0.29, 0.717) is 25.1 Å². The summed E-state index contributed by atoms with van der Waals surface area (Å²) in [5.41, 5.74) is 1.38. The Morgan fingerprint density at radius 1 is 1.00 bits per heavy atom. The molecule has 0 radical (unpaired) electrons. The number of rotatable bonds is 10. The Labute approximate surface area is 231 Å². The van der Waals surface area contributed by atoms with E-state index in [1.54, 1.807) is 18.2 Å². The van der Waals surface area contributed by atoms with Crippen LogP contribution in [-0.4, -0.2) is 35.5 Å². The first-order valence-corrected chi connectivity index (χ1v) is 13.4. The zero-order valence-corrected chi connectivity index (χ0v) is 22.6. The topological polar surface area (TPSA) is 113 Å². The molecule has 200 valence electrons. The van der Waals surface area contributed by atoms with Gasteiger partial charge in [0, 0.05) is 24.3 Å². The lowest BCUT2D eigenvalue weighted by Crippen LogP contribution is -2.45. The minimum atomic E-state index is -0.489. The van der Waals surface area contributed by atoms with Crippen molar-refractivity contribution in [1.29, 1.82) is 0 Å². The summed E-state index contributed by atoms with van der Waals surface area (Å²) in [5, 5.41) is 12.9. The molecule has 0 spiro atoms. The number of carbonyl (C=O) groups is 3. The van der Waals surface area contributed by atoms with Gasteiger partial charge in [0.25, 0.3) is 11.8 Å². The molecule has 1 aliphatic carbocycles. The number of nitrogens with zero attached hydrogens (tertiary/aromatic N) is 1. The molecule has 38 heavy (non-hydrogen) atoms. The first kappa shape index (κ1) is 27.7. The maximum Gasteiger partial charge on any atom is 0.289 e. The molecule has 0 saturated heterocycles. The lowest BCUT2D eigenvalue weighted by atomic mass is 9.81. The van der Waals surface area contributed by atoms with E-state index in [9.17, 15) is 14.4 Å². The lowest BCUT2D eigenvalue weighted by Gasteiger charge is -2.29. The summed E-state index contributed by atoms with van der Waals surface area (Å²) in [6.45, 7) is 2.36. The summed E-state index contributed by atoms with van der Waals surface area (Å²) < 4.78 is 4.88. The van der Waals surface area contributed by atoms with Crippen molar-refractivity contribution in [1.82, 2.24) is 15.8 Å². The van der Waals surface area contributed by atoms with Gasteiger partial charge >= 0.3 is 0 Å². The van der Waals surface area contributed by atoms with Crippen LogP contribution in [-0.2, 0) is 11.2 Å². The highest BCUT2D eigenvalue weighted by molar-refractivity contribution is 6.40. The Bertz CT molecular complexity index is 1250. The second kappa shape index (κ2) is 12.5. The van der Waals surface area contributed by atoms with Gasteiger partial charge in [-0.2, -0.15) is 0 Å². The molecule has 1 aliphatic rings. The van der Waals surface area contributed by atoms with Gasteiger partial charge in [0.1, 0.15) is 0 Å². The molecule has 8 nitrogen and oxygen atoms in total. The average molecular weight is 557 g/mol. The number of carbonyl (C=O) groups excluding carboxylic acids is 3. The molecule has 1 atom stereocenters. The van der Waals surface area contributed by atoms with E-state index in [0.717, 1.165) is 31.2 Å². The van der Waals surface area contributed by atoms with Crippen LogP contribution in [0.15, 0.2) is 59.3 Å². The molecule has 1 unspecified atom stereocenters. The van der Waals surface area contributed by atoms with Crippen LogP contribution in [0.1, 0.15) is 65.5 Å². The number of aromatic nitrogens is 1. The van der Waals surface area contributed by atoms with Gasteiger partial charge in [-0.1, -0.05) is 59.4 Å². The SMILES string of the molecule is CC(Cc1ccc(NC(=O)c2c(Cl)cccc2Cl)cc1)NC(=O)C1(CCNC(=O)c2ccno2)CCCC1. The van der Waals surface area contributed by atoms with E-state index in [1.165, 1.54) is 12.3 Å². The number of hydrogen-bond donors (Lipinski definition) is 3. The molecule has 1 aromatic heterocycles. The Balaban J connectivity index is 1.29. The summed E-state index contributed by atoms with van der Waals surface area (Å²) in [6.07, 6.45) is 6.20. The van der Waals surface area contributed by atoms with Crippen LogP contribution in [0.4, 0.5) is 5.69 Å². The zero-order chi connectivity index (χ0) is 27.1. The average Bonchev–Trinajstić information content (AvgIpc) is 3.58. The van der Waals surface area contributed by atoms with Gasteiger partial charge in [0.2, 0.25) is 11.7 Å². The number of hydrogen-bond acceptors (Lipinski definition) is 5. The van der Waals surface area contributed by atoms with Crippen LogP contribution >= 0.6 is 23.2 Å². The zero-order valence-electron chi connectivity index (χ0n) is 21.1. The van der Waals surface area contributed by atoms with Crippen molar-refractivity contribution in [3.05, 3.63) is 81.7 Å². The molecule has 1 fully saturated rings. The maximum atomic E-state index is 13.3. The van der Waals surface area contributed by atoms with Gasteiger partial charge in [-0.15, -0.1) is 0 Å². The number of amides is 3. The highest BCUT2D eigenvalue weighted by Gasteiger charge is 2.41. The summed E-state index contributed by atoms with van der Waals surface area (Å²) in [7, 11) is 0. The Hall–Kier alpha value is -3.36. The van der Waals surface area contributed by atoms with Crippen molar-refractivity contribution in [2.24, 2.45) is 5.41 Å². The molecule has 3 N–H and O–H groups in total. The Morgan fingerprint density at radius 2 is 1.68 bits per heavy atom. The lowest BCUT2D eigenvalue weighted by molar-refractivity contribution is -0.131. The van der Waals surface area contributed by atoms with Crippen molar-refractivity contribution < 1.29 is 18.9 Å². The molecule has 1 saturated carbocycles. The number of nitrogens with one attached hydrogen (secondary N) is 3. The number of anilines is 1. The van der Waals surface area contributed by atoms with Crippen molar-refractivity contribution in [2.45, 2.75) is 51.5 Å². The molecule has 0 aliphatic heterocycles. The van der Waals surface area contributed by atoms with Gasteiger partial charge in [0.05, 0.1) is 27.2 Å². The molecule has 1 heterocycles. The van der Waals surface area contributed by atoms with Crippen LogP contribution in [0.5, 0.6) is 0 Å². The molecule has 0 bridgehead atoms. The van der Waals surface area contributed by atoms with Gasteiger partial charge in [-0.3, -0.25) is 14.4 Å². The van der Waals surface area contributed by atoms with E-state index >= 15 is 0 Å². The largest absolute Gasteiger partial charge is 0.353 e. The van der Waals surface area contributed by atoms with Gasteiger partial charge < -0.3 is 20.5 Å². The third kappa shape index (κ3) is 6.74. The normalized spacial score (nSPS) is 15.0. The monoisotopic (exact) mass is 556 g/mol. The highest BCUT2D eigenvalue weighted by Crippen LogP contribution is 2.41.